The topological polar surface area (TPSA) is 44.1 Å². The SMILES string of the molecule is COc1ccccc1-n1nc(C(C)(C)C)c(C=O)c1Cl. The van der Waals surface area contributed by atoms with E-state index in [0.29, 0.717) is 27.8 Å². The number of nitrogens with zero attached hydrogens (tertiary/aromatic N) is 2. The normalized spacial score (nSPS) is 11.4. The van der Waals surface area contributed by atoms with Crippen molar-refractivity contribution in [3.8, 4) is 11.4 Å². The highest BCUT2D eigenvalue weighted by molar-refractivity contribution is 6.32. The molecule has 2 aromatic rings. The van der Waals surface area contributed by atoms with E-state index < -0.39 is 0 Å². The van der Waals surface area contributed by atoms with Gasteiger partial charge in [-0.15, -0.1) is 0 Å². The monoisotopic (exact) mass is 292 g/mol. The number of ether oxygens (including phenoxy) is 1. The fourth-order valence-electron chi connectivity index (χ4n) is 2.03. The Kier molecular flexibility index (Phi) is 3.86. The summed E-state index contributed by atoms with van der Waals surface area (Å²) in [6.45, 7) is 5.97. The highest BCUT2D eigenvalue weighted by atomic mass is 35.5. The van der Waals surface area contributed by atoms with E-state index in [-0.39, 0.29) is 5.41 Å². The van der Waals surface area contributed by atoms with Gasteiger partial charge in [0, 0.05) is 5.41 Å². The quantitative estimate of drug-likeness (QED) is 0.811. The molecule has 0 aliphatic heterocycles. The van der Waals surface area contributed by atoms with Gasteiger partial charge in [-0.1, -0.05) is 44.5 Å². The summed E-state index contributed by atoms with van der Waals surface area (Å²) in [5.41, 5.74) is 1.53. The van der Waals surface area contributed by atoms with Gasteiger partial charge in [-0.25, -0.2) is 4.68 Å². The molecule has 0 amide bonds. The van der Waals surface area contributed by atoms with Crippen LogP contribution in [0.4, 0.5) is 0 Å². The fourth-order valence-corrected chi connectivity index (χ4v) is 2.30. The van der Waals surface area contributed by atoms with Crippen LogP contribution in [0.3, 0.4) is 0 Å². The van der Waals surface area contributed by atoms with Crippen LogP contribution < -0.4 is 4.74 Å². The zero-order valence-corrected chi connectivity index (χ0v) is 12.7. The van der Waals surface area contributed by atoms with Crippen LogP contribution in [0.1, 0.15) is 36.8 Å². The van der Waals surface area contributed by atoms with E-state index in [0.717, 1.165) is 6.29 Å². The van der Waals surface area contributed by atoms with Crippen LogP contribution in [0.2, 0.25) is 5.15 Å². The van der Waals surface area contributed by atoms with E-state index >= 15 is 0 Å². The van der Waals surface area contributed by atoms with Gasteiger partial charge in [-0.05, 0) is 12.1 Å². The molecule has 0 fully saturated rings. The van der Waals surface area contributed by atoms with Crippen LogP contribution in [-0.4, -0.2) is 23.2 Å². The summed E-state index contributed by atoms with van der Waals surface area (Å²) in [5, 5.41) is 4.80. The van der Waals surface area contributed by atoms with Crippen molar-refractivity contribution in [1.82, 2.24) is 9.78 Å². The van der Waals surface area contributed by atoms with Crippen molar-refractivity contribution in [2.45, 2.75) is 26.2 Å². The minimum absolute atomic E-state index is 0.271. The first-order valence-electron chi connectivity index (χ1n) is 6.27. The summed E-state index contributed by atoms with van der Waals surface area (Å²) in [7, 11) is 1.58. The Morgan fingerprint density at radius 2 is 1.95 bits per heavy atom. The van der Waals surface area contributed by atoms with Crippen molar-refractivity contribution < 1.29 is 9.53 Å². The Morgan fingerprint density at radius 1 is 1.30 bits per heavy atom. The van der Waals surface area contributed by atoms with Gasteiger partial charge in [0.25, 0.3) is 0 Å². The van der Waals surface area contributed by atoms with Crippen molar-refractivity contribution in [2.75, 3.05) is 7.11 Å². The summed E-state index contributed by atoms with van der Waals surface area (Å²) >= 11 is 6.31. The smallest absolute Gasteiger partial charge is 0.155 e. The first kappa shape index (κ1) is 14.6. The van der Waals surface area contributed by atoms with Crippen molar-refractivity contribution in [1.29, 1.82) is 0 Å². The summed E-state index contributed by atoms with van der Waals surface area (Å²) in [6, 6.07) is 7.40. The Bertz CT molecular complexity index is 642. The number of hydrogen-bond donors (Lipinski definition) is 0. The molecule has 106 valence electrons. The minimum atomic E-state index is -0.271. The van der Waals surface area contributed by atoms with Gasteiger partial charge in [-0.2, -0.15) is 5.10 Å². The average Bonchev–Trinajstić information content (AvgIpc) is 2.75. The molecule has 4 nitrogen and oxygen atoms in total. The molecule has 0 unspecified atom stereocenters. The lowest BCUT2D eigenvalue weighted by Crippen LogP contribution is -2.14. The van der Waals surface area contributed by atoms with Gasteiger partial charge in [-0.3, -0.25) is 4.79 Å². The zero-order valence-electron chi connectivity index (χ0n) is 12.0. The predicted molar refractivity (Wildman–Crippen MR) is 79.2 cm³/mol. The third-order valence-corrected chi connectivity index (χ3v) is 3.37. The number of carbonyl (C=O) groups is 1. The second kappa shape index (κ2) is 5.29. The molecule has 1 aromatic heterocycles. The summed E-state index contributed by atoms with van der Waals surface area (Å²) < 4.78 is 6.86. The zero-order chi connectivity index (χ0) is 14.9. The number of aldehydes is 1. The third-order valence-electron chi connectivity index (χ3n) is 3.00. The molecule has 2 rings (SSSR count). The second-order valence-corrected chi connectivity index (χ2v) is 5.86. The van der Waals surface area contributed by atoms with Crippen LogP contribution in [-0.2, 0) is 5.41 Å². The standard InChI is InChI=1S/C15H17ClN2O2/c1-15(2,3)13-10(9-19)14(16)18(17-13)11-7-5-6-8-12(11)20-4/h5-9H,1-4H3. The number of hydrogen-bond acceptors (Lipinski definition) is 3. The lowest BCUT2D eigenvalue weighted by atomic mass is 9.90. The predicted octanol–water partition coefficient (Wildman–Crippen LogP) is 3.64. The van der Waals surface area contributed by atoms with Crippen LogP contribution in [0.5, 0.6) is 5.75 Å². The van der Waals surface area contributed by atoms with Gasteiger partial charge in [0.2, 0.25) is 0 Å². The summed E-state index contributed by atoms with van der Waals surface area (Å²) in [4.78, 5) is 11.3. The molecular weight excluding hydrogens is 276 g/mol. The molecule has 0 bridgehead atoms. The number of carbonyl (C=O) groups excluding carboxylic acids is 1. The molecule has 20 heavy (non-hydrogen) atoms. The van der Waals surface area contributed by atoms with E-state index in [1.165, 1.54) is 0 Å². The molecule has 0 radical (unpaired) electrons. The first-order valence-corrected chi connectivity index (χ1v) is 6.65. The number of benzene rings is 1. The summed E-state index contributed by atoms with van der Waals surface area (Å²) in [5.74, 6) is 0.648. The first-order chi connectivity index (χ1) is 9.40. The van der Waals surface area contributed by atoms with Gasteiger partial charge < -0.3 is 4.74 Å². The Morgan fingerprint density at radius 3 is 2.45 bits per heavy atom. The lowest BCUT2D eigenvalue weighted by molar-refractivity contribution is 0.112. The highest BCUT2D eigenvalue weighted by Gasteiger charge is 2.27. The maximum atomic E-state index is 11.3. The van der Waals surface area contributed by atoms with Gasteiger partial charge in [0.15, 0.2) is 6.29 Å². The average molecular weight is 293 g/mol. The molecule has 1 aromatic carbocycles. The van der Waals surface area contributed by atoms with Crippen molar-refractivity contribution in [2.24, 2.45) is 0 Å². The molecule has 0 N–H and O–H groups in total. The van der Waals surface area contributed by atoms with Crippen LogP contribution >= 0.6 is 11.6 Å². The van der Waals surface area contributed by atoms with E-state index in [1.54, 1.807) is 11.8 Å². The number of rotatable bonds is 3. The molecular formula is C15H17ClN2O2. The van der Waals surface area contributed by atoms with Crippen LogP contribution in [0, 0.1) is 0 Å². The van der Waals surface area contributed by atoms with Crippen LogP contribution in [0.25, 0.3) is 5.69 Å². The molecule has 0 saturated heterocycles. The largest absolute Gasteiger partial charge is 0.494 e. The molecule has 1 heterocycles. The van der Waals surface area contributed by atoms with Gasteiger partial charge in [0.1, 0.15) is 16.6 Å². The molecule has 0 aliphatic rings. The fraction of sp³-hybridized carbons (Fsp3) is 0.333. The van der Waals surface area contributed by atoms with E-state index in [4.69, 9.17) is 16.3 Å². The van der Waals surface area contributed by atoms with Crippen molar-refractivity contribution in [3.63, 3.8) is 0 Å². The third kappa shape index (κ3) is 2.43. The maximum absolute atomic E-state index is 11.3. The number of para-hydroxylation sites is 2. The molecule has 5 heteroatoms. The number of methoxy groups -OCH3 is 1. The van der Waals surface area contributed by atoms with E-state index in [9.17, 15) is 4.79 Å². The molecule has 0 atom stereocenters. The number of halogens is 1. The van der Waals surface area contributed by atoms with Crippen LogP contribution in [0.15, 0.2) is 24.3 Å². The number of aromatic nitrogens is 2. The Hall–Kier alpha value is -1.81. The van der Waals surface area contributed by atoms with Gasteiger partial charge in [0.05, 0.1) is 18.4 Å². The molecule has 0 saturated carbocycles. The Balaban J connectivity index is 2.70. The van der Waals surface area contributed by atoms with Crippen molar-refractivity contribution in [3.05, 3.63) is 40.7 Å². The Labute approximate surface area is 123 Å². The minimum Gasteiger partial charge on any atom is -0.494 e. The second-order valence-electron chi connectivity index (χ2n) is 5.50. The van der Waals surface area contributed by atoms with Crippen molar-refractivity contribution >= 4 is 17.9 Å². The van der Waals surface area contributed by atoms with E-state index in [2.05, 4.69) is 5.10 Å². The van der Waals surface area contributed by atoms with Gasteiger partial charge >= 0.3 is 0 Å². The molecule has 0 spiro atoms. The lowest BCUT2D eigenvalue weighted by Gasteiger charge is -2.15. The molecule has 0 aliphatic carbocycles. The highest BCUT2D eigenvalue weighted by Crippen LogP contribution is 2.32. The maximum Gasteiger partial charge on any atom is 0.155 e. The van der Waals surface area contributed by atoms with E-state index in [1.807, 2.05) is 45.0 Å². The summed E-state index contributed by atoms with van der Waals surface area (Å²) in [6.07, 6.45) is 0.752.